The highest BCUT2D eigenvalue weighted by Gasteiger charge is 2.30. The minimum atomic E-state index is 0.245. The van der Waals surface area contributed by atoms with Crippen molar-refractivity contribution in [3.05, 3.63) is 5.82 Å². The van der Waals surface area contributed by atoms with Crippen LogP contribution in [0.4, 0.5) is 5.95 Å². The van der Waals surface area contributed by atoms with Gasteiger partial charge in [0, 0.05) is 25.6 Å². The molecule has 2 aliphatic rings. The fourth-order valence-corrected chi connectivity index (χ4v) is 3.37. The predicted molar refractivity (Wildman–Crippen MR) is 78.0 cm³/mol. The molecule has 0 aromatic carbocycles. The fourth-order valence-electron chi connectivity index (χ4n) is 3.37. The van der Waals surface area contributed by atoms with E-state index in [4.69, 9.17) is 9.72 Å². The molecule has 20 heavy (non-hydrogen) atoms. The monoisotopic (exact) mass is 279 g/mol. The molecule has 1 aromatic heterocycles. The molecule has 3 rings (SSSR count). The summed E-state index contributed by atoms with van der Waals surface area (Å²) in [5, 5.41) is 10.8. The van der Waals surface area contributed by atoms with E-state index in [9.17, 15) is 0 Å². The van der Waals surface area contributed by atoms with Gasteiger partial charge in [-0.1, -0.05) is 0 Å². The zero-order chi connectivity index (χ0) is 13.9. The Labute approximate surface area is 120 Å². The van der Waals surface area contributed by atoms with E-state index in [0.29, 0.717) is 11.8 Å². The Hall–Kier alpha value is -1.14. The highest BCUT2D eigenvalue weighted by molar-refractivity contribution is 5.30. The van der Waals surface area contributed by atoms with E-state index in [2.05, 4.69) is 27.3 Å². The molecule has 2 N–H and O–H groups in total. The molecule has 0 radical (unpaired) electrons. The minimum absolute atomic E-state index is 0.245. The molecule has 6 nitrogen and oxygen atoms in total. The molecule has 1 aromatic rings. The highest BCUT2D eigenvalue weighted by Crippen LogP contribution is 2.30. The van der Waals surface area contributed by atoms with Crippen molar-refractivity contribution in [2.45, 2.75) is 38.2 Å². The third-order valence-electron chi connectivity index (χ3n) is 4.51. The average molecular weight is 279 g/mol. The number of nitrogens with one attached hydrogen (secondary N) is 2. The second kappa shape index (κ2) is 6.10. The van der Waals surface area contributed by atoms with Gasteiger partial charge in [-0.2, -0.15) is 4.98 Å². The normalized spacial score (nSPS) is 30.9. The number of ether oxygens (including phenoxy) is 1. The van der Waals surface area contributed by atoms with E-state index >= 15 is 0 Å². The van der Waals surface area contributed by atoms with Crippen molar-refractivity contribution >= 4 is 5.95 Å². The molecule has 0 aliphatic carbocycles. The van der Waals surface area contributed by atoms with E-state index in [0.717, 1.165) is 44.4 Å². The summed E-state index contributed by atoms with van der Waals surface area (Å²) in [4.78, 5) is 7.03. The van der Waals surface area contributed by atoms with E-state index < -0.39 is 0 Å². The molecular formula is C14H25N5O. The second-order valence-electron chi connectivity index (χ2n) is 6.00. The van der Waals surface area contributed by atoms with Crippen molar-refractivity contribution in [2.75, 3.05) is 38.2 Å². The summed E-state index contributed by atoms with van der Waals surface area (Å²) in [7, 11) is 2.02. The van der Waals surface area contributed by atoms with Gasteiger partial charge >= 0.3 is 0 Å². The van der Waals surface area contributed by atoms with Crippen LogP contribution >= 0.6 is 0 Å². The molecule has 3 heterocycles. The molecule has 3 atom stereocenters. The van der Waals surface area contributed by atoms with Gasteiger partial charge in [-0.25, -0.2) is 0 Å². The molecule has 6 heteroatoms. The van der Waals surface area contributed by atoms with Crippen LogP contribution in [0.25, 0.3) is 0 Å². The number of hydrogen-bond acceptors (Lipinski definition) is 5. The van der Waals surface area contributed by atoms with Crippen molar-refractivity contribution in [2.24, 2.45) is 5.92 Å². The summed E-state index contributed by atoms with van der Waals surface area (Å²) in [6.07, 6.45) is 3.80. The van der Waals surface area contributed by atoms with Crippen LogP contribution in [0.5, 0.6) is 0 Å². The van der Waals surface area contributed by atoms with Crippen molar-refractivity contribution in [1.29, 1.82) is 0 Å². The number of aromatic nitrogens is 3. The molecule has 112 valence electrons. The maximum Gasteiger partial charge on any atom is 0.244 e. The number of rotatable bonds is 4. The Morgan fingerprint density at radius 3 is 3.10 bits per heavy atom. The quantitative estimate of drug-likeness (QED) is 0.865. The molecular weight excluding hydrogens is 254 g/mol. The zero-order valence-electron chi connectivity index (χ0n) is 12.4. The smallest absolute Gasteiger partial charge is 0.244 e. The number of aromatic amines is 1. The topological polar surface area (TPSA) is 66.1 Å². The number of piperidine rings is 1. The van der Waals surface area contributed by atoms with Crippen LogP contribution in [0.1, 0.15) is 37.9 Å². The van der Waals surface area contributed by atoms with Crippen LogP contribution in [-0.4, -0.2) is 54.6 Å². The minimum Gasteiger partial charge on any atom is -0.378 e. The third-order valence-corrected chi connectivity index (χ3v) is 4.51. The lowest BCUT2D eigenvalue weighted by Gasteiger charge is -2.31. The van der Waals surface area contributed by atoms with Crippen molar-refractivity contribution in [3.63, 3.8) is 0 Å². The predicted octanol–water partition coefficient (Wildman–Crippen LogP) is 1.13. The summed E-state index contributed by atoms with van der Waals surface area (Å²) < 4.78 is 5.61. The van der Waals surface area contributed by atoms with Gasteiger partial charge in [-0.3, -0.25) is 5.10 Å². The van der Waals surface area contributed by atoms with Gasteiger partial charge in [0.1, 0.15) is 5.82 Å². The average Bonchev–Trinajstić information content (AvgIpc) is 3.08. The Kier molecular flexibility index (Phi) is 4.21. The van der Waals surface area contributed by atoms with Crippen LogP contribution < -0.4 is 10.2 Å². The Morgan fingerprint density at radius 1 is 1.45 bits per heavy atom. The number of H-pyrrole nitrogens is 1. The van der Waals surface area contributed by atoms with E-state index in [-0.39, 0.29) is 6.10 Å². The van der Waals surface area contributed by atoms with Crippen LogP contribution in [0.15, 0.2) is 0 Å². The molecule has 3 unspecified atom stereocenters. The lowest BCUT2D eigenvalue weighted by molar-refractivity contribution is 0.117. The van der Waals surface area contributed by atoms with E-state index in [1.807, 2.05) is 7.05 Å². The SMILES string of the molecule is CNCC1CCCN(c2n[nH]c(C3CCOC3C)n2)C1. The maximum absolute atomic E-state index is 5.61. The summed E-state index contributed by atoms with van der Waals surface area (Å²) in [5.41, 5.74) is 0. The van der Waals surface area contributed by atoms with Gasteiger partial charge in [-0.05, 0) is 45.7 Å². The third kappa shape index (κ3) is 2.81. The van der Waals surface area contributed by atoms with Crippen molar-refractivity contribution in [3.8, 4) is 0 Å². The van der Waals surface area contributed by atoms with Crippen LogP contribution in [-0.2, 0) is 4.74 Å². The number of nitrogens with zero attached hydrogens (tertiary/aromatic N) is 3. The van der Waals surface area contributed by atoms with Crippen molar-refractivity contribution in [1.82, 2.24) is 20.5 Å². The summed E-state index contributed by atoms with van der Waals surface area (Å²) in [6.45, 7) is 6.13. The van der Waals surface area contributed by atoms with E-state index in [1.54, 1.807) is 0 Å². The van der Waals surface area contributed by atoms with Gasteiger partial charge < -0.3 is 15.0 Å². The number of anilines is 1. The van der Waals surface area contributed by atoms with Gasteiger partial charge in [-0.15, -0.1) is 5.10 Å². The fraction of sp³-hybridized carbons (Fsp3) is 0.857. The summed E-state index contributed by atoms with van der Waals surface area (Å²) in [5.74, 6) is 2.92. The molecule has 0 saturated carbocycles. The van der Waals surface area contributed by atoms with Gasteiger partial charge in [0.05, 0.1) is 6.10 Å². The maximum atomic E-state index is 5.61. The first-order valence-electron chi connectivity index (χ1n) is 7.71. The lowest BCUT2D eigenvalue weighted by Crippen LogP contribution is -2.39. The molecule has 0 spiro atoms. The number of hydrogen-bond donors (Lipinski definition) is 2. The Morgan fingerprint density at radius 2 is 2.35 bits per heavy atom. The van der Waals surface area contributed by atoms with Gasteiger partial charge in [0.2, 0.25) is 5.95 Å². The van der Waals surface area contributed by atoms with Crippen LogP contribution in [0.2, 0.25) is 0 Å². The van der Waals surface area contributed by atoms with Crippen LogP contribution in [0.3, 0.4) is 0 Å². The Balaban J connectivity index is 1.66. The first-order valence-corrected chi connectivity index (χ1v) is 7.71. The summed E-state index contributed by atoms with van der Waals surface area (Å²) >= 11 is 0. The van der Waals surface area contributed by atoms with Crippen molar-refractivity contribution < 1.29 is 4.74 Å². The molecule has 2 fully saturated rings. The van der Waals surface area contributed by atoms with Gasteiger partial charge in [0.25, 0.3) is 0 Å². The zero-order valence-corrected chi connectivity index (χ0v) is 12.4. The largest absolute Gasteiger partial charge is 0.378 e. The molecule has 2 aliphatic heterocycles. The van der Waals surface area contributed by atoms with E-state index in [1.165, 1.54) is 12.8 Å². The molecule has 0 bridgehead atoms. The molecule has 0 amide bonds. The second-order valence-corrected chi connectivity index (χ2v) is 6.00. The lowest BCUT2D eigenvalue weighted by atomic mass is 9.98. The molecule has 2 saturated heterocycles. The standard InChI is InChI=1S/C14H25N5O/c1-10-12(5-7-20-10)13-16-14(18-17-13)19-6-3-4-11(9-19)8-15-2/h10-12,15H,3-9H2,1-2H3,(H,16,17,18). The highest BCUT2D eigenvalue weighted by atomic mass is 16.5. The Bertz CT molecular complexity index is 433. The first kappa shape index (κ1) is 13.8. The van der Waals surface area contributed by atoms with Gasteiger partial charge in [0.15, 0.2) is 0 Å². The first-order chi connectivity index (χ1) is 9.78. The van der Waals surface area contributed by atoms with Crippen LogP contribution in [0, 0.1) is 5.92 Å². The summed E-state index contributed by atoms with van der Waals surface area (Å²) in [6, 6.07) is 0.